The minimum Gasteiger partial charge on any atom is -0.503 e. The van der Waals surface area contributed by atoms with E-state index in [2.05, 4.69) is 5.32 Å². The van der Waals surface area contributed by atoms with Crippen LogP contribution in [0.2, 0.25) is 0 Å². The molecule has 0 bridgehead atoms. The highest BCUT2D eigenvalue weighted by Crippen LogP contribution is 2.38. The first-order valence-corrected chi connectivity index (χ1v) is 9.32. The molecular weight excluding hydrogens is 374 g/mol. The zero-order chi connectivity index (χ0) is 21.6. The Kier molecular flexibility index (Phi) is 7.47. The largest absolute Gasteiger partial charge is 0.503 e. The average Bonchev–Trinajstić information content (AvgIpc) is 2.70. The van der Waals surface area contributed by atoms with E-state index in [-0.39, 0.29) is 29.6 Å². The maximum absolute atomic E-state index is 11.9. The summed E-state index contributed by atoms with van der Waals surface area (Å²) in [5.41, 5.74) is 1.92. The summed E-state index contributed by atoms with van der Waals surface area (Å²) in [5, 5.41) is 13.5. The molecule has 0 unspecified atom stereocenters. The molecule has 0 heterocycles. The van der Waals surface area contributed by atoms with Gasteiger partial charge in [0.25, 0.3) is 0 Å². The van der Waals surface area contributed by atoms with Gasteiger partial charge in [-0.3, -0.25) is 9.59 Å². The Morgan fingerprint density at radius 3 is 2.10 bits per heavy atom. The number of ether oxygens (including phenoxy) is 3. The van der Waals surface area contributed by atoms with Crippen molar-refractivity contribution in [2.24, 2.45) is 0 Å². The van der Waals surface area contributed by atoms with Crippen molar-refractivity contribution in [1.82, 2.24) is 0 Å². The number of nitrogens with one attached hydrogen (secondary N) is 1. The molecular formula is C22H27NO6. The highest BCUT2D eigenvalue weighted by Gasteiger charge is 2.17. The molecule has 0 aliphatic rings. The second-order valence-corrected chi connectivity index (χ2v) is 6.56. The quantitative estimate of drug-likeness (QED) is 0.455. The van der Waals surface area contributed by atoms with Crippen LogP contribution in [0.4, 0.5) is 5.69 Å². The van der Waals surface area contributed by atoms with Gasteiger partial charge in [0.15, 0.2) is 34.6 Å². The number of aromatic hydroxyl groups is 1. The van der Waals surface area contributed by atoms with Gasteiger partial charge in [-0.1, -0.05) is 6.92 Å². The maximum Gasteiger partial charge on any atom is 0.181 e. The molecule has 0 saturated carbocycles. The van der Waals surface area contributed by atoms with Gasteiger partial charge in [-0.25, -0.2) is 0 Å². The second kappa shape index (κ2) is 9.82. The van der Waals surface area contributed by atoms with E-state index in [9.17, 15) is 14.7 Å². The molecule has 7 nitrogen and oxygen atoms in total. The number of methoxy groups -OCH3 is 2. The lowest BCUT2D eigenvalue weighted by Crippen LogP contribution is -2.08. The van der Waals surface area contributed by atoms with E-state index >= 15 is 0 Å². The number of phenols is 1. The predicted octanol–water partition coefficient (Wildman–Crippen LogP) is 4.22. The van der Waals surface area contributed by atoms with Crippen LogP contribution in [-0.2, 0) is 6.54 Å². The second-order valence-electron chi connectivity index (χ2n) is 6.56. The van der Waals surface area contributed by atoms with Gasteiger partial charge in [0, 0.05) is 23.2 Å². The minimum atomic E-state index is -0.154. The van der Waals surface area contributed by atoms with E-state index in [1.165, 1.54) is 34.1 Å². The number of hydrogen-bond donors (Lipinski definition) is 2. The van der Waals surface area contributed by atoms with Crippen molar-refractivity contribution < 1.29 is 28.9 Å². The fourth-order valence-corrected chi connectivity index (χ4v) is 2.81. The van der Waals surface area contributed by atoms with Crippen molar-refractivity contribution in [3.63, 3.8) is 0 Å². The zero-order valence-corrected chi connectivity index (χ0v) is 17.4. The Hall–Kier alpha value is -3.22. The lowest BCUT2D eigenvalue weighted by Gasteiger charge is -2.18. The molecule has 0 radical (unpaired) electrons. The van der Waals surface area contributed by atoms with Crippen LogP contribution in [0, 0.1) is 0 Å². The predicted molar refractivity (Wildman–Crippen MR) is 111 cm³/mol. The molecule has 0 saturated heterocycles. The van der Waals surface area contributed by atoms with Crippen molar-refractivity contribution in [3.8, 4) is 23.0 Å². The third kappa shape index (κ3) is 5.19. The lowest BCUT2D eigenvalue weighted by atomic mass is 10.0. The lowest BCUT2D eigenvalue weighted by molar-refractivity contribution is 0.100. The molecule has 29 heavy (non-hydrogen) atoms. The summed E-state index contributed by atoms with van der Waals surface area (Å²) in [4.78, 5) is 23.7. The number of carbonyl (C=O) groups excluding carboxylic acids is 2. The third-order valence-electron chi connectivity index (χ3n) is 4.38. The molecule has 2 N–H and O–H groups in total. The van der Waals surface area contributed by atoms with Crippen molar-refractivity contribution in [2.45, 2.75) is 33.7 Å². The van der Waals surface area contributed by atoms with E-state index in [0.717, 1.165) is 6.42 Å². The SMILES string of the molecule is CCCOc1c(CNc2cc(C(C)=O)cc(OC)c2O)cc(C(C)=O)cc1OC. The van der Waals surface area contributed by atoms with Crippen LogP contribution in [0.3, 0.4) is 0 Å². The van der Waals surface area contributed by atoms with Crippen LogP contribution in [0.1, 0.15) is 53.5 Å². The fraction of sp³-hybridized carbons (Fsp3) is 0.364. The molecule has 0 fully saturated rings. The van der Waals surface area contributed by atoms with Crippen LogP contribution in [0.15, 0.2) is 24.3 Å². The fourth-order valence-electron chi connectivity index (χ4n) is 2.81. The summed E-state index contributed by atoms with van der Waals surface area (Å²) in [6.07, 6.45) is 0.809. The van der Waals surface area contributed by atoms with E-state index in [1.807, 2.05) is 6.92 Å². The van der Waals surface area contributed by atoms with E-state index in [4.69, 9.17) is 14.2 Å². The van der Waals surface area contributed by atoms with Crippen LogP contribution in [0.25, 0.3) is 0 Å². The van der Waals surface area contributed by atoms with Crippen molar-refractivity contribution in [1.29, 1.82) is 0 Å². The van der Waals surface area contributed by atoms with Gasteiger partial charge >= 0.3 is 0 Å². The van der Waals surface area contributed by atoms with Crippen LogP contribution in [0.5, 0.6) is 23.0 Å². The molecule has 2 rings (SSSR count). The smallest absolute Gasteiger partial charge is 0.181 e. The Bertz CT molecular complexity index is 907. The number of phenolic OH excluding ortho intramolecular Hbond substituents is 1. The molecule has 0 spiro atoms. The Morgan fingerprint density at radius 2 is 1.55 bits per heavy atom. The zero-order valence-electron chi connectivity index (χ0n) is 17.4. The van der Waals surface area contributed by atoms with Gasteiger partial charge in [0.1, 0.15) is 0 Å². The highest BCUT2D eigenvalue weighted by molar-refractivity contribution is 5.96. The van der Waals surface area contributed by atoms with E-state index in [0.29, 0.717) is 40.5 Å². The highest BCUT2D eigenvalue weighted by atomic mass is 16.5. The van der Waals surface area contributed by atoms with Gasteiger partial charge in [-0.2, -0.15) is 0 Å². The van der Waals surface area contributed by atoms with Crippen molar-refractivity contribution in [2.75, 3.05) is 26.1 Å². The first kappa shape index (κ1) is 22.1. The molecule has 0 aromatic heterocycles. The van der Waals surface area contributed by atoms with Crippen molar-refractivity contribution in [3.05, 3.63) is 41.0 Å². The first-order valence-electron chi connectivity index (χ1n) is 9.32. The summed E-state index contributed by atoms with van der Waals surface area (Å²) < 4.78 is 16.4. The number of hydrogen-bond acceptors (Lipinski definition) is 7. The average molecular weight is 401 g/mol. The summed E-state index contributed by atoms with van der Waals surface area (Å²) in [7, 11) is 2.93. The van der Waals surface area contributed by atoms with Crippen molar-refractivity contribution >= 4 is 17.3 Å². The Morgan fingerprint density at radius 1 is 0.966 bits per heavy atom. The summed E-state index contributed by atoms with van der Waals surface area (Å²) in [5.74, 6) is 0.817. The maximum atomic E-state index is 11.9. The molecule has 2 aromatic rings. The van der Waals surface area contributed by atoms with Crippen LogP contribution >= 0.6 is 0 Å². The molecule has 2 aromatic carbocycles. The van der Waals surface area contributed by atoms with Crippen LogP contribution in [-0.4, -0.2) is 37.5 Å². The summed E-state index contributed by atoms with van der Waals surface area (Å²) >= 11 is 0. The van der Waals surface area contributed by atoms with Gasteiger partial charge in [0.05, 0.1) is 26.5 Å². The van der Waals surface area contributed by atoms with Gasteiger partial charge in [-0.05, 0) is 44.5 Å². The molecule has 7 heteroatoms. The summed E-state index contributed by atoms with van der Waals surface area (Å²) in [6.45, 7) is 5.63. The Labute approximate surface area is 170 Å². The minimum absolute atomic E-state index is 0.102. The van der Waals surface area contributed by atoms with Gasteiger partial charge in [-0.15, -0.1) is 0 Å². The standard InChI is InChI=1S/C22H27NO6/c1-6-7-29-22-17(8-15(13(2)24)11-20(22)28-5)12-23-18-9-16(14(3)25)10-19(27-4)21(18)26/h8-11,23,26H,6-7,12H2,1-5H3. The molecule has 0 amide bonds. The number of ketones is 2. The monoisotopic (exact) mass is 401 g/mol. The van der Waals surface area contributed by atoms with Crippen LogP contribution < -0.4 is 19.5 Å². The van der Waals surface area contributed by atoms with Gasteiger partial charge in [0.2, 0.25) is 0 Å². The number of rotatable bonds is 10. The summed E-state index contributed by atoms with van der Waals surface area (Å²) in [6, 6.07) is 6.41. The topological polar surface area (TPSA) is 94.1 Å². The number of Topliss-reactive ketones (excluding diaryl/α,β-unsaturated/α-hetero) is 2. The van der Waals surface area contributed by atoms with E-state index in [1.54, 1.807) is 18.2 Å². The Balaban J connectivity index is 2.45. The number of anilines is 1. The van der Waals surface area contributed by atoms with Gasteiger partial charge < -0.3 is 24.6 Å². The molecule has 0 aliphatic carbocycles. The normalized spacial score (nSPS) is 10.4. The molecule has 0 aliphatic heterocycles. The first-order chi connectivity index (χ1) is 13.8. The third-order valence-corrected chi connectivity index (χ3v) is 4.38. The number of benzene rings is 2. The number of carbonyl (C=O) groups is 2. The molecule has 0 atom stereocenters. The molecule has 156 valence electrons. The van der Waals surface area contributed by atoms with E-state index < -0.39 is 0 Å².